The molecule has 1 aromatic carbocycles. The van der Waals surface area contributed by atoms with Gasteiger partial charge in [0.05, 0.1) is 11.4 Å². The first kappa shape index (κ1) is 25.7. The van der Waals surface area contributed by atoms with Crippen molar-refractivity contribution in [3.63, 3.8) is 0 Å². The van der Waals surface area contributed by atoms with Gasteiger partial charge in [-0.3, -0.25) is 9.78 Å². The molecule has 0 radical (unpaired) electrons. The number of benzene rings is 1. The van der Waals surface area contributed by atoms with E-state index in [2.05, 4.69) is 38.5 Å². The quantitative estimate of drug-likeness (QED) is 0.287. The number of likely N-dealkylation sites (tertiary alicyclic amines) is 1. The van der Waals surface area contributed by atoms with Crippen LogP contribution in [0.15, 0.2) is 61.7 Å². The first-order valence-corrected chi connectivity index (χ1v) is 12.4. The first-order chi connectivity index (χ1) is 19.0. The van der Waals surface area contributed by atoms with E-state index in [9.17, 15) is 9.18 Å². The number of carbonyl (C=O) groups excluding carboxylic acids is 1. The molecule has 1 amide bonds. The lowest BCUT2D eigenvalue weighted by Gasteiger charge is -2.32. The molecule has 10 nitrogen and oxygen atoms in total. The van der Waals surface area contributed by atoms with Gasteiger partial charge in [0.1, 0.15) is 36.8 Å². The molecule has 1 aliphatic rings. The Morgan fingerprint density at radius 1 is 1.28 bits per heavy atom. The lowest BCUT2D eigenvalue weighted by Crippen LogP contribution is -2.40. The van der Waals surface area contributed by atoms with Gasteiger partial charge in [0.25, 0.3) is 0 Å². The van der Waals surface area contributed by atoms with E-state index >= 15 is 0 Å². The van der Waals surface area contributed by atoms with Gasteiger partial charge >= 0.3 is 0 Å². The molecule has 2 N–H and O–H groups in total. The van der Waals surface area contributed by atoms with Crippen LogP contribution in [0, 0.1) is 17.7 Å². The number of carbonyl (C=O) groups is 1. The normalized spacial score (nSPS) is 14.9. The minimum atomic E-state index is -0.533. The Morgan fingerprint density at radius 2 is 2.18 bits per heavy atom. The van der Waals surface area contributed by atoms with Crippen molar-refractivity contribution >= 4 is 22.8 Å². The van der Waals surface area contributed by atoms with Crippen molar-refractivity contribution in [2.24, 2.45) is 0 Å². The minimum absolute atomic E-state index is 0.0143. The van der Waals surface area contributed by atoms with Crippen LogP contribution in [0.4, 0.5) is 10.2 Å². The van der Waals surface area contributed by atoms with Crippen LogP contribution in [0.3, 0.4) is 0 Å². The van der Waals surface area contributed by atoms with Gasteiger partial charge in [0.2, 0.25) is 5.91 Å². The van der Waals surface area contributed by atoms with E-state index in [4.69, 9.17) is 15.2 Å². The van der Waals surface area contributed by atoms with Crippen molar-refractivity contribution in [2.45, 2.75) is 25.5 Å². The van der Waals surface area contributed by atoms with Crippen molar-refractivity contribution < 1.29 is 18.7 Å². The molecule has 0 bridgehead atoms. The zero-order chi connectivity index (χ0) is 27.2. The van der Waals surface area contributed by atoms with E-state index in [1.807, 2.05) is 12.1 Å². The third kappa shape index (κ3) is 5.80. The van der Waals surface area contributed by atoms with Gasteiger partial charge in [-0.15, -0.1) is 0 Å². The van der Waals surface area contributed by atoms with E-state index in [0.717, 1.165) is 18.4 Å². The highest BCUT2D eigenvalue weighted by Crippen LogP contribution is 2.28. The smallest absolute Gasteiger partial charge is 0.246 e. The average molecular weight is 528 g/mol. The van der Waals surface area contributed by atoms with Gasteiger partial charge in [-0.2, -0.15) is 5.10 Å². The number of anilines is 1. The van der Waals surface area contributed by atoms with Gasteiger partial charge < -0.3 is 20.1 Å². The summed E-state index contributed by atoms with van der Waals surface area (Å²) in [7, 11) is 0. The number of nitrogens with two attached hydrogens (primary N) is 1. The zero-order valence-electron chi connectivity index (χ0n) is 21.1. The zero-order valence-corrected chi connectivity index (χ0v) is 21.1. The fourth-order valence-corrected chi connectivity index (χ4v) is 4.39. The van der Waals surface area contributed by atoms with Crippen LogP contribution in [0.2, 0.25) is 0 Å². The van der Waals surface area contributed by atoms with Crippen LogP contribution < -0.4 is 15.2 Å². The van der Waals surface area contributed by atoms with Crippen LogP contribution in [-0.2, 0) is 11.4 Å². The summed E-state index contributed by atoms with van der Waals surface area (Å²) in [6, 6.07) is 7.88. The Labute approximate surface area is 224 Å². The predicted octanol–water partition coefficient (Wildman–Crippen LogP) is 3.30. The molecule has 1 saturated heterocycles. The molecule has 5 rings (SSSR count). The minimum Gasteiger partial charge on any atom is -0.489 e. The van der Waals surface area contributed by atoms with Crippen molar-refractivity contribution in [1.82, 2.24) is 29.6 Å². The van der Waals surface area contributed by atoms with Crippen molar-refractivity contribution in [1.29, 1.82) is 0 Å². The molecule has 0 spiro atoms. The maximum atomic E-state index is 14.3. The summed E-state index contributed by atoms with van der Waals surface area (Å²) in [6.07, 6.45) is 7.70. The molecule has 11 heteroatoms. The van der Waals surface area contributed by atoms with Crippen LogP contribution >= 0.6 is 0 Å². The number of pyridine rings is 1. The molecule has 39 heavy (non-hydrogen) atoms. The number of piperidine rings is 1. The Kier molecular flexibility index (Phi) is 7.63. The van der Waals surface area contributed by atoms with Crippen LogP contribution in [0.1, 0.15) is 30.1 Å². The maximum Gasteiger partial charge on any atom is 0.246 e. The molecule has 0 saturated carbocycles. The Morgan fingerprint density at radius 3 is 3.00 bits per heavy atom. The van der Waals surface area contributed by atoms with E-state index in [1.54, 1.807) is 22.0 Å². The van der Waals surface area contributed by atoms with Gasteiger partial charge in [-0.05, 0) is 43.0 Å². The SMILES string of the molecule is C=CC(=O)N1CCC[C@@H](n2nc(C#CCOc3cc(OCc4cccnc4)ccc3F)c3c(N)ncnc32)C1. The molecule has 4 heterocycles. The molecular formula is C28H26FN7O3. The van der Waals surface area contributed by atoms with Gasteiger partial charge in [0, 0.05) is 37.1 Å². The number of hydrogen-bond acceptors (Lipinski definition) is 8. The average Bonchev–Trinajstić information content (AvgIpc) is 3.35. The third-order valence-corrected chi connectivity index (χ3v) is 6.28. The second-order valence-corrected chi connectivity index (χ2v) is 8.87. The number of fused-ring (bicyclic) bond motifs is 1. The maximum absolute atomic E-state index is 14.3. The highest BCUT2D eigenvalue weighted by Gasteiger charge is 2.27. The molecule has 4 aromatic rings. The van der Waals surface area contributed by atoms with Crippen molar-refractivity contribution in [3.05, 3.63) is 78.8 Å². The fourth-order valence-electron chi connectivity index (χ4n) is 4.39. The lowest BCUT2D eigenvalue weighted by atomic mass is 10.1. The topological polar surface area (TPSA) is 121 Å². The highest BCUT2D eigenvalue weighted by molar-refractivity contribution is 5.90. The Balaban J connectivity index is 1.31. The Bertz CT molecular complexity index is 1560. The number of halogens is 1. The van der Waals surface area contributed by atoms with E-state index in [-0.39, 0.29) is 30.1 Å². The van der Waals surface area contributed by atoms with Crippen molar-refractivity contribution in [2.75, 3.05) is 25.4 Å². The van der Waals surface area contributed by atoms with Crippen LogP contribution in [0.5, 0.6) is 11.5 Å². The summed E-state index contributed by atoms with van der Waals surface area (Å²) in [5.41, 5.74) is 7.96. The number of rotatable bonds is 7. The number of aromatic nitrogens is 5. The number of hydrogen-bond donors (Lipinski definition) is 1. The molecule has 0 aliphatic carbocycles. The number of nitrogens with zero attached hydrogens (tertiary/aromatic N) is 6. The van der Waals surface area contributed by atoms with Crippen molar-refractivity contribution in [3.8, 4) is 23.3 Å². The molecule has 198 valence electrons. The van der Waals surface area contributed by atoms with Crippen LogP contribution in [0.25, 0.3) is 11.0 Å². The molecule has 3 aromatic heterocycles. The molecule has 0 unspecified atom stereocenters. The Hall–Kier alpha value is -4.98. The highest BCUT2D eigenvalue weighted by atomic mass is 19.1. The second-order valence-electron chi connectivity index (χ2n) is 8.87. The van der Waals surface area contributed by atoms with E-state index < -0.39 is 5.82 Å². The van der Waals surface area contributed by atoms with Gasteiger partial charge in [0.15, 0.2) is 17.2 Å². The van der Waals surface area contributed by atoms with E-state index in [0.29, 0.717) is 42.2 Å². The summed E-state index contributed by atoms with van der Waals surface area (Å²) in [4.78, 5) is 26.4. The second kappa shape index (κ2) is 11.6. The molecular weight excluding hydrogens is 501 g/mol. The number of ether oxygens (including phenoxy) is 2. The summed E-state index contributed by atoms with van der Waals surface area (Å²) in [6.45, 7) is 4.90. The largest absolute Gasteiger partial charge is 0.489 e. The predicted molar refractivity (Wildman–Crippen MR) is 142 cm³/mol. The summed E-state index contributed by atoms with van der Waals surface area (Å²) in [5, 5.41) is 5.19. The molecule has 1 fully saturated rings. The molecule has 1 atom stereocenters. The number of amides is 1. The fraction of sp³-hybridized carbons (Fsp3) is 0.250. The summed E-state index contributed by atoms with van der Waals surface area (Å²) >= 11 is 0. The standard InChI is InChI=1S/C28H26FN7O3/c1-2-25(37)35-12-4-7-20(16-35)36-28-26(27(30)32-18-33-28)23(34-36)8-5-13-38-24-14-21(9-10-22(24)29)39-17-19-6-3-11-31-15-19/h2-3,6,9-11,14-15,18,20H,1,4,7,12-13,16-17H2,(H2,30,32,33)/t20-/m1/s1. The van der Waals surface area contributed by atoms with Gasteiger partial charge in [-0.1, -0.05) is 18.6 Å². The number of nitrogen functional groups attached to an aromatic ring is 1. The van der Waals surface area contributed by atoms with E-state index in [1.165, 1.54) is 30.6 Å². The van der Waals surface area contributed by atoms with Gasteiger partial charge in [-0.25, -0.2) is 19.0 Å². The summed E-state index contributed by atoms with van der Waals surface area (Å²) in [5.74, 6) is 5.89. The summed E-state index contributed by atoms with van der Waals surface area (Å²) < 4.78 is 27.4. The third-order valence-electron chi connectivity index (χ3n) is 6.28. The molecule has 1 aliphatic heterocycles. The monoisotopic (exact) mass is 527 g/mol. The first-order valence-electron chi connectivity index (χ1n) is 12.4. The van der Waals surface area contributed by atoms with Crippen LogP contribution in [-0.4, -0.2) is 55.2 Å². The lowest BCUT2D eigenvalue weighted by molar-refractivity contribution is -0.127.